The molecule has 1 unspecified atom stereocenters. The molecule has 2 aromatic rings. The van der Waals surface area contributed by atoms with Gasteiger partial charge in [-0.05, 0) is 41.8 Å². The Morgan fingerprint density at radius 2 is 1.65 bits per heavy atom. The molecule has 2 aromatic carbocycles. The van der Waals surface area contributed by atoms with Gasteiger partial charge in [0.05, 0.1) is 13.0 Å². The number of Topliss-reactive ketones (excluding diaryl/α,β-unsaturated/α-hetero) is 1. The van der Waals surface area contributed by atoms with Gasteiger partial charge in [-0.2, -0.15) is 0 Å². The fraction of sp³-hybridized carbons (Fsp3) is 0.263. The Labute approximate surface area is 141 Å². The maximum atomic E-state index is 12.4. The summed E-state index contributed by atoms with van der Waals surface area (Å²) in [4.78, 5) is 24.5. The van der Waals surface area contributed by atoms with E-state index in [0.717, 1.165) is 12.0 Å². The van der Waals surface area contributed by atoms with E-state index in [1.54, 1.807) is 24.3 Å². The average Bonchev–Trinajstić information content (AvgIpc) is 2.59. The predicted molar refractivity (Wildman–Crippen MR) is 91.0 cm³/mol. The number of benzene rings is 2. The second-order valence-electron chi connectivity index (χ2n) is 5.31. The van der Waals surface area contributed by atoms with Crippen molar-refractivity contribution < 1.29 is 14.3 Å². The number of methoxy groups -OCH3 is 1. The number of carbonyl (C=O) groups is 2. The Balaban J connectivity index is 2.22. The first-order chi connectivity index (χ1) is 11.0. The van der Waals surface area contributed by atoms with Gasteiger partial charge in [-0.25, -0.2) is 0 Å². The number of hydrogen-bond donors (Lipinski definition) is 0. The molecule has 0 amide bonds. The van der Waals surface area contributed by atoms with Crippen LogP contribution in [0.3, 0.4) is 0 Å². The third-order valence-electron chi connectivity index (χ3n) is 3.83. The molecule has 0 heterocycles. The summed E-state index contributed by atoms with van der Waals surface area (Å²) >= 11 is 5.83. The largest absolute Gasteiger partial charge is 0.469 e. The van der Waals surface area contributed by atoms with E-state index in [1.807, 2.05) is 24.3 Å². The minimum Gasteiger partial charge on any atom is -0.469 e. The summed E-state index contributed by atoms with van der Waals surface area (Å²) in [5.41, 5.74) is 2.51. The molecule has 0 fully saturated rings. The molecule has 0 aromatic heterocycles. The number of carbonyl (C=O) groups excluding carboxylic acids is 2. The summed E-state index contributed by atoms with van der Waals surface area (Å²) in [5, 5.41) is 0.571. The first kappa shape index (κ1) is 17.2. The zero-order valence-corrected chi connectivity index (χ0v) is 14.0. The van der Waals surface area contributed by atoms with Gasteiger partial charge in [0, 0.05) is 17.0 Å². The molecule has 23 heavy (non-hydrogen) atoms. The molecule has 3 nitrogen and oxygen atoms in total. The van der Waals surface area contributed by atoms with Crippen molar-refractivity contribution in [2.45, 2.75) is 25.7 Å². The van der Waals surface area contributed by atoms with E-state index in [9.17, 15) is 9.59 Å². The summed E-state index contributed by atoms with van der Waals surface area (Å²) in [7, 11) is 1.34. The Hall–Kier alpha value is -2.13. The monoisotopic (exact) mass is 330 g/mol. The molecule has 0 aliphatic carbocycles. The van der Waals surface area contributed by atoms with Crippen molar-refractivity contribution in [1.29, 1.82) is 0 Å². The zero-order valence-electron chi connectivity index (χ0n) is 13.2. The summed E-state index contributed by atoms with van der Waals surface area (Å²) < 4.78 is 4.87. The van der Waals surface area contributed by atoms with E-state index < -0.39 is 11.9 Å². The summed E-state index contributed by atoms with van der Waals surface area (Å²) in [6.45, 7) is 2.07. The molecule has 0 saturated heterocycles. The SMILES string of the molecule is CCc1ccc(C(CC(=O)c2ccc(Cl)cc2)C(=O)OC)cc1. The lowest BCUT2D eigenvalue weighted by Gasteiger charge is -2.15. The Bertz CT molecular complexity index is 675. The van der Waals surface area contributed by atoms with Crippen LogP contribution in [-0.2, 0) is 16.0 Å². The zero-order chi connectivity index (χ0) is 16.8. The van der Waals surface area contributed by atoms with Crippen molar-refractivity contribution in [2.75, 3.05) is 7.11 Å². The van der Waals surface area contributed by atoms with Gasteiger partial charge in [-0.1, -0.05) is 42.8 Å². The summed E-state index contributed by atoms with van der Waals surface area (Å²) in [5.74, 6) is -1.12. The van der Waals surface area contributed by atoms with Gasteiger partial charge >= 0.3 is 5.97 Å². The maximum absolute atomic E-state index is 12.4. The molecular weight excluding hydrogens is 312 g/mol. The van der Waals surface area contributed by atoms with E-state index in [0.29, 0.717) is 10.6 Å². The first-order valence-corrected chi connectivity index (χ1v) is 7.88. The van der Waals surface area contributed by atoms with Crippen LogP contribution in [-0.4, -0.2) is 18.9 Å². The topological polar surface area (TPSA) is 43.4 Å². The quantitative estimate of drug-likeness (QED) is 0.581. The maximum Gasteiger partial charge on any atom is 0.313 e. The molecule has 120 valence electrons. The Morgan fingerprint density at radius 1 is 1.04 bits per heavy atom. The van der Waals surface area contributed by atoms with Crippen molar-refractivity contribution >= 4 is 23.4 Å². The highest BCUT2D eigenvalue weighted by atomic mass is 35.5. The van der Waals surface area contributed by atoms with Crippen LogP contribution in [0.2, 0.25) is 5.02 Å². The number of ketones is 1. The molecule has 0 spiro atoms. The molecule has 0 radical (unpaired) electrons. The van der Waals surface area contributed by atoms with Gasteiger partial charge in [0.25, 0.3) is 0 Å². The van der Waals surface area contributed by atoms with E-state index in [-0.39, 0.29) is 12.2 Å². The van der Waals surface area contributed by atoms with Crippen molar-refractivity contribution in [3.8, 4) is 0 Å². The predicted octanol–water partition coefficient (Wildman–Crippen LogP) is 4.43. The van der Waals surface area contributed by atoms with Crippen molar-refractivity contribution in [1.82, 2.24) is 0 Å². The molecular formula is C19H19ClO3. The Kier molecular flexibility index (Phi) is 5.94. The van der Waals surface area contributed by atoms with Crippen molar-refractivity contribution in [3.63, 3.8) is 0 Å². The van der Waals surface area contributed by atoms with Gasteiger partial charge in [0.15, 0.2) is 5.78 Å². The van der Waals surface area contributed by atoms with Crippen LogP contribution in [0.4, 0.5) is 0 Å². The third-order valence-corrected chi connectivity index (χ3v) is 4.08. The second-order valence-corrected chi connectivity index (χ2v) is 5.74. The fourth-order valence-corrected chi connectivity index (χ4v) is 2.53. The lowest BCUT2D eigenvalue weighted by molar-refractivity contribution is -0.142. The average molecular weight is 331 g/mol. The molecule has 4 heteroatoms. The standard InChI is InChI=1S/C19H19ClO3/c1-3-13-4-6-14(7-5-13)17(19(22)23-2)12-18(21)15-8-10-16(20)11-9-15/h4-11,17H,3,12H2,1-2H3. The number of esters is 1. The summed E-state index contributed by atoms with van der Waals surface area (Å²) in [6, 6.07) is 14.4. The lowest BCUT2D eigenvalue weighted by Crippen LogP contribution is -2.18. The highest BCUT2D eigenvalue weighted by Crippen LogP contribution is 2.24. The van der Waals surface area contributed by atoms with Crippen LogP contribution in [0.15, 0.2) is 48.5 Å². The molecule has 0 N–H and O–H groups in total. The minimum atomic E-state index is -0.603. The highest BCUT2D eigenvalue weighted by molar-refractivity contribution is 6.30. The van der Waals surface area contributed by atoms with E-state index in [4.69, 9.17) is 16.3 Å². The van der Waals surface area contributed by atoms with Gasteiger partial charge in [-0.3, -0.25) is 9.59 Å². The number of rotatable bonds is 6. The smallest absolute Gasteiger partial charge is 0.313 e. The lowest BCUT2D eigenvalue weighted by atomic mass is 9.91. The Morgan fingerprint density at radius 3 is 2.17 bits per heavy atom. The van der Waals surface area contributed by atoms with E-state index >= 15 is 0 Å². The summed E-state index contributed by atoms with van der Waals surface area (Å²) in [6.07, 6.45) is 0.993. The number of hydrogen-bond acceptors (Lipinski definition) is 3. The molecule has 2 rings (SSSR count). The number of halogens is 1. The highest BCUT2D eigenvalue weighted by Gasteiger charge is 2.25. The van der Waals surface area contributed by atoms with Gasteiger partial charge in [0.1, 0.15) is 0 Å². The van der Waals surface area contributed by atoms with E-state index in [2.05, 4.69) is 6.92 Å². The molecule has 1 atom stereocenters. The van der Waals surface area contributed by atoms with Crippen LogP contribution >= 0.6 is 11.6 Å². The first-order valence-electron chi connectivity index (χ1n) is 7.50. The van der Waals surface area contributed by atoms with Gasteiger partial charge < -0.3 is 4.74 Å². The molecule has 0 bridgehead atoms. The number of ether oxygens (including phenoxy) is 1. The second kappa shape index (κ2) is 7.93. The number of aryl methyl sites for hydroxylation is 1. The van der Waals surface area contributed by atoms with E-state index in [1.165, 1.54) is 12.7 Å². The van der Waals surface area contributed by atoms with Crippen LogP contribution in [0.5, 0.6) is 0 Å². The normalized spacial score (nSPS) is 11.8. The molecule has 0 aliphatic rings. The van der Waals surface area contributed by atoms with Gasteiger partial charge in [0.2, 0.25) is 0 Å². The van der Waals surface area contributed by atoms with Crippen LogP contribution in [0, 0.1) is 0 Å². The fourth-order valence-electron chi connectivity index (χ4n) is 2.40. The van der Waals surface area contributed by atoms with Crippen LogP contribution in [0.25, 0.3) is 0 Å². The molecule has 0 aliphatic heterocycles. The van der Waals surface area contributed by atoms with Crippen molar-refractivity contribution in [2.24, 2.45) is 0 Å². The molecule has 0 saturated carbocycles. The van der Waals surface area contributed by atoms with Crippen LogP contribution < -0.4 is 0 Å². The van der Waals surface area contributed by atoms with Crippen LogP contribution in [0.1, 0.15) is 40.7 Å². The van der Waals surface area contributed by atoms with Gasteiger partial charge in [-0.15, -0.1) is 0 Å². The minimum absolute atomic E-state index is 0.0692. The third kappa shape index (κ3) is 4.42. The van der Waals surface area contributed by atoms with Crippen molar-refractivity contribution in [3.05, 3.63) is 70.2 Å².